The van der Waals surface area contributed by atoms with E-state index in [0.717, 1.165) is 35.6 Å². The summed E-state index contributed by atoms with van der Waals surface area (Å²) in [5.74, 6) is 0.391. The second-order valence-corrected chi connectivity index (χ2v) is 5.75. The Kier molecular flexibility index (Phi) is 4.30. The molecule has 1 fully saturated rings. The summed E-state index contributed by atoms with van der Waals surface area (Å²) in [7, 11) is 0. The molecule has 0 radical (unpaired) electrons. The topological polar surface area (TPSA) is 17.1 Å². The van der Waals surface area contributed by atoms with Crippen LogP contribution in [0.1, 0.15) is 32.1 Å². The van der Waals surface area contributed by atoms with E-state index in [9.17, 15) is 4.79 Å². The molecular formula is C13H15ClOS. The lowest BCUT2D eigenvalue weighted by atomic mass is 10.2. The largest absolute Gasteiger partial charge is 0.298 e. The Labute approximate surface area is 106 Å². The zero-order chi connectivity index (χ0) is 11.4. The van der Waals surface area contributed by atoms with Crippen LogP contribution in [0.5, 0.6) is 0 Å². The zero-order valence-electron chi connectivity index (χ0n) is 9.12. The third kappa shape index (κ3) is 3.02. The van der Waals surface area contributed by atoms with Gasteiger partial charge in [-0.1, -0.05) is 36.6 Å². The van der Waals surface area contributed by atoms with E-state index in [1.807, 2.05) is 24.3 Å². The first-order chi connectivity index (χ1) is 7.77. The highest BCUT2D eigenvalue weighted by atomic mass is 35.5. The number of carbonyl (C=O) groups is 1. The molecule has 0 spiro atoms. The van der Waals surface area contributed by atoms with E-state index < -0.39 is 0 Å². The van der Waals surface area contributed by atoms with Crippen LogP contribution in [0.25, 0.3) is 0 Å². The van der Waals surface area contributed by atoms with E-state index in [1.54, 1.807) is 11.8 Å². The molecule has 1 nitrogen and oxygen atoms in total. The molecular weight excluding hydrogens is 240 g/mol. The van der Waals surface area contributed by atoms with E-state index in [4.69, 9.17) is 11.6 Å². The minimum Gasteiger partial charge on any atom is -0.298 e. The van der Waals surface area contributed by atoms with Crippen molar-refractivity contribution in [2.75, 3.05) is 0 Å². The molecule has 0 amide bonds. The molecule has 0 heterocycles. The van der Waals surface area contributed by atoms with Gasteiger partial charge in [-0.15, -0.1) is 11.8 Å². The Morgan fingerprint density at radius 3 is 2.81 bits per heavy atom. The number of thioether (sulfide) groups is 1. The van der Waals surface area contributed by atoms with Crippen molar-refractivity contribution >= 4 is 29.1 Å². The molecule has 2 rings (SSSR count). The maximum atomic E-state index is 11.9. The maximum absolute atomic E-state index is 11.9. The summed E-state index contributed by atoms with van der Waals surface area (Å²) in [5, 5.41) is 0.868. The van der Waals surface area contributed by atoms with Crippen molar-refractivity contribution in [2.24, 2.45) is 0 Å². The van der Waals surface area contributed by atoms with E-state index in [0.29, 0.717) is 5.78 Å². The molecule has 1 unspecified atom stereocenters. The predicted octanol–water partition coefficient (Wildman–Crippen LogP) is 4.33. The van der Waals surface area contributed by atoms with Crippen LogP contribution < -0.4 is 0 Å². The van der Waals surface area contributed by atoms with Crippen LogP contribution in [0, 0.1) is 0 Å². The summed E-state index contributed by atoms with van der Waals surface area (Å²) in [5.41, 5.74) is 0. The molecule has 0 aliphatic heterocycles. The average molecular weight is 255 g/mol. The van der Waals surface area contributed by atoms with Gasteiger partial charge < -0.3 is 0 Å². The van der Waals surface area contributed by atoms with Gasteiger partial charge >= 0.3 is 0 Å². The minimum atomic E-state index is 0.113. The van der Waals surface area contributed by atoms with E-state index in [-0.39, 0.29) is 5.25 Å². The van der Waals surface area contributed by atoms with Gasteiger partial charge in [0.2, 0.25) is 0 Å². The van der Waals surface area contributed by atoms with Gasteiger partial charge in [-0.3, -0.25) is 4.79 Å². The molecule has 16 heavy (non-hydrogen) atoms. The fourth-order valence-corrected chi connectivity index (χ4v) is 3.39. The number of ketones is 1. The number of rotatable bonds is 2. The van der Waals surface area contributed by atoms with Crippen molar-refractivity contribution in [2.45, 2.75) is 42.2 Å². The maximum Gasteiger partial charge on any atom is 0.146 e. The third-order valence-electron chi connectivity index (χ3n) is 2.85. The summed E-state index contributed by atoms with van der Waals surface area (Å²) in [6.07, 6.45) is 5.13. The van der Waals surface area contributed by atoms with Gasteiger partial charge in [0.25, 0.3) is 0 Å². The average Bonchev–Trinajstić information content (AvgIpc) is 2.48. The van der Waals surface area contributed by atoms with Crippen molar-refractivity contribution in [1.82, 2.24) is 0 Å². The van der Waals surface area contributed by atoms with Gasteiger partial charge in [0, 0.05) is 11.3 Å². The summed E-state index contributed by atoms with van der Waals surface area (Å²) < 4.78 is 0. The Bertz CT molecular complexity index is 378. The second-order valence-electron chi connectivity index (χ2n) is 4.10. The first-order valence-corrected chi connectivity index (χ1v) is 6.97. The number of Topliss-reactive ketones (excluding diaryl/α,β-unsaturated/α-hetero) is 1. The van der Waals surface area contributed by atoms with Crippen LogP contribution in [-0.2, 0) is 4.79 Å². The number of hydrogen-bond donors (Lipinski definition) is 0. The molecule has 86 valence electrons. The first-order valence-electron chi connectivity index (χ1n) is 5.71. The molecule has 1 aliphatic carbocycles. The third-order valence-corrected chi connectivity index (χ3v) is 4.69. The fraction of sp³-hybridized carbons (Fsp3) is 0.462. The van der Waals surface area contributed by atoms with Crippen LogP contribution in [0.4, 0.5) is 0 Å². The van der Waals surface area contributed by atoms with Crippen molar-refractivity contribution in [3.8, 4) is 0 Å². The SMILES string of the molecule is O=C1CCCCCC1Sc1ccccc1Cl. The molecule has 1 aliphatic rings. The molecule has 1 aromatic carbocycles. The number of halogens is 1. The Morgan fingerprint density at radius 2 is 2.00 bits per heavy atom. The Morgan fingerprint density at radius 1 is 1.19 bits per heavy atom. The highest BCUT2D eigenvalue weighted by molar-refractivity contribution is 8.00. The van der Waals surface area contributed by atoms with Crippen LogP contribution in [-0.4, -0.2) is 11.0 Å². The normalized spacial score (nSPS) is 21.8. The van der Waals surface area contributed by atoms with Gasteiger partial charge in [0.05, 0.1) is 10.3 Å². The molecule has 0 saturated heterocycles. The lowest BCUT2D eigenvalue weighted by Gasteiger charge is -2.13. The van der Waals surface area contributed by atoms with Crippen molar-refractivity contribution in [3.63, 3.8) is 0 Å². The number of hydrogen-bond acceptors (Lipinski definition) is 2. The highest BCUT2D eigenvalue weighted by Gasteiger charge is 2.22. The quantitative estimate of drug-likeness (QED) is 0.731. The molecule has 0 N–H and O–H groups in total. The van der Waals surface area contributed by atoms with Gasteiger partial charge in [0.15, 0.2) is 0 Å². The first kappa shape index (κ1) is 12.0. The predicted molar refractivity (Wildman–Crippen MR) is 69.2 cm³/mol. The fourth-order valence-electron chi connectivity index (χ4n) is 1.95. The summed E-state index contributed by atoms with van der Waals surface area (Å²) in [4.78, 5) is 12.9. The van der Waals surface area contributed by atoms with Crippen LogP contribution in [0.2, 0.25) is 5.02 Å². The van der Waals surface area contributed by atoms with Gasteiger partial charge in [0.1, 0.15) is 5.78 Å². The van der Waals surface area contributed by atoms with Crippen molar-refractivity contribution in [1.29, 1.82) is 0 Å². The standard InChI is InChI=1S/C13H15ClOS/c14-10-6-4-5-8-12(10)16-13-9-3-1-2-7-11(13)15/h4-6,8,13H,1-3,7,9H2. The van der Waals surface area contributed by atoms with Gasteiger partial charge in [-0.05, 0) is 25.0 Å². The van der Waals surface area contributed by atoms with E-state index >= 15 is 0 Å². The van der Waals surface area contributed by atoms with Gasteiger partial charge in [-0.25, -0.2) is 0 Å². The molecule has 1 atom stereocenters. The van der Waals surface area contributed by atoms with Crippen LogP contribution in [0.15, 0.2) is 29.2 Å². The summed E-state index contributed by atoms with van der Waals surface area (Å²) in [6, 6.07) is 7.76. The molecule has 1 saturated carbocycles. The van der Waals surface area contributed by atoms with Crippen molar-refractivity contribution in [3.05, 3.63) is 29.3 Å². The molecule has 0 aromatic heterocycles. The second kappa shape index (κ2) is 5.74. The minimum absolute atomic E-state index is 0.113. The number of benzene rings is 1. The molecule has 0 bridgehead atoms. The molecule has 1 aromatic rings. The van der Waals surface area contributed by atoms with Gasteiger partial charge in [-0.2, -0.15) is 0 Å². The monoisotopic (exact) mass is 254 g/mol. The Hall–Kier alpha value is -0.470. The zero-order valence-corrected chi connectivity index (χ0v) is 10.7. The van der Waals surface area contributed by atoms with E-state index in [2.05, 4.69) is 0 Å². The van der Waals surface area contributed by atoms with Crippen LogP contribution >= 0.6 is 23.4 Å². The highest BCUT2D eigenvalue weighted by Crippen LogP contribution is 2.34. The number of carbonyl (C=O) groups excluding carboxylic acids is 1. The summed E-state index contributed by atoms with van der Waals surface area (Å²) in [6.45, 7) is 0. The smallest absolute Gasteiger partial charge is 0.146 e. The summed E-state index contributed by atoms with van der Waals surface area (Å²) >= 11 is 7.73. The van der Waals surface area contributed by atoms with Crippen molar-refractivity contribution < 1.29 is 4.79 Å². The lowest BCUT2D eigenvalue weighted by Crippen LogP contribution is -2.14. The van der Waals surface area contributed by atoms with Crippen LogP contribution in [0.3, 0.4) is 0 Å². The molecule has 3 heteroatoms. The Balaban J connectivity index is 2.08. The lowest BCUT2D eigenvalue weighted by molar-refractivity contribution is -0.118. The van der Waals surface area contributed by atoms with E-state index in [1.165, 1.54) is 6.42 Å².